The van der Waals surface area contributed by atoms with Crippen molar-refractivity contribution in [2.75, 3.05) is 0 Å². The van der Waals surface area contributed by atoms with Gasteiger partial charge in [-0.15, -0.1) is 20.4 Å². The van der Waals surface area contributed by atoms with Crippen molar-refractivity contribution in [3.05, 3.63) is 107 Å². The first-order valence-corrected chi connectivity index (χ1v) is 12.0. The third-order valence-corrected chi connectivity index (χ3v) is 6.28. The van der Waals surface area contributed by atoms with Crippen molar-refractivity contribution in [2.24, 2.45) is 0 Å². The third kappa shape index (κ3) is 3.39. The molecule has 0 atom stereocenters. The molecule has 1 N–H and O–H groups in total. The number of hydrogen-bond acceptors (Lipinski definition) is 7. The molecule has 10 nitrogen and oxygen atoms in total. The van der Waals surface area contributed by atoms with Crippen molar-refractivity contribution in [2.45, 2.75) is 6.92 Å². The first-order chi connectivity index (χ1) is 18.7. The van der Waals surface area contributed by atoms with Crippen molar-refractivity contribution in [1.29, 1.82) is 0 Å². The summed E-state index contributed by atoms with van der Waals surface area (Å²) in [6.45, 7) is 1.73. The van der Waals surface area contributed by atoms with Gasteiger partial charge in [0.25, 0.3) is 11.5 Å². The molecule has 10 heteroatoms. The minimum absolute atomic E-state index is 0.234. The molecule has 0 aliphatic heterocycles. The highest BCUT2D eigenvalue weighted by atomic mass is 16.1. The second-order valence-corrected chi connectivity index (χ2v) is 8.73. The van der Waals surface area contributed by atoms with E-state index >= 15 is 0 Å². The van der Waals surface area contributed by atoms with Gasteiger partial charge in [0.1, 0.15) is 22.6 Å². The van der Waals surface area contributed by atoms with E-state index in [1.165, 1.54) is 0 Å². The van der Waals surface area contributed by atoms with Crippen molar-refractivity contribution < 1.29 is 0 Å². The molecule has 3 aromatic carbocycles. The van der Waals surface area contributed by atoms with Crippen molar-refractivity contribution >= 4 is 16.7 Å². The fourth-order valence-corrected chi connectivity index (χ4v) is 4.59. The minimum Gasteiger partial charge on any atom is -0.310 e. The van der Waals surface area contributed by atoms with E-state index < -0.39 is 0 Å². The molecule has 0 unspecified atom stereocenters. The zero-order chi connectivity index (χ0) is 25.6. The average molecular weight is 498 g/mol. The normalized spacial score (nSPS) is 11.4. The molecule has 0 amide bonds. The van der Waals surface area contributed by atoms with E-state index in [1.807, 2.05) is 91.0 Å². The van der Waals surface area contributed by atoms with Crippen molar-refractivity contribution in [3.63, 3.8) is 0 Å². The van der Waals surface area contributed by atoms with Crippen LogP contribution < -0.4 is 5.56 Å². The summed E-state index contributed by atoms with van der Waals surface area (Å²) in [5, 5.41) is 18.2. The Morgan fingerprint density at radius 3 is 1.89 bits per heavy atom. The van der Waals surface area contributed by atoms with Gasteiger partial charge < -0.3 is 4.98 Å². The van der Waals surface area contributed by atoms with E-state index in [1.54, 1.807) is 16.1 Å². The largest absolute Gasteiger partial charge is 0.310 e. The first-order valence-electron chi connectivity index (χ1n) is 12.0. The topological polar surface area (TPSA) is 120 Å². The molecule has 0 spiro atoms. The molecule has 4 heterocycles. The van der Waals surface area contributed by atoms with Crippen LogP contribution in [0.1, 0.15) is 5.82 Å². The van der Waals surface area contributed by atoms with Gasteiger partial charge in [0.05, 0.1) is 0 Å². The molecule has 0 radical (unpaired) electrons. The van der Waals surface area contributed by atoms with E-state index in [4.69, 9.17) is 4.98 Å². The van der Waals surface area contributed by atoms with Crippen LogP contribution in [0.5, 0.6) is 0 Å². The molecule has 0 aliphatic carbocycles. The molecule has 182 valence electrons. The van der Waals surface area contributed by atoms with Crippen LogP contribution in [0.15, 0.2) is 95.8 Å². The lowest BCUT2D eigenvalue weighted by Crippen LogP contribution is -2.14. The van der Waals surface area contributed by atoms with Crippen LogP contribution in [0.2, 0.25) is 0 Å². The lowest BCUT2D eigenvalue weighted by atomic mass is 10.0. The smallest absolute Gasteiger partial charge is 0.271 e. The summed E-state index contributed by atoms with van der Waals surface area (Å²) in [4.78, 5) is 25.5. The van der Waals surface area contributed by atoms with Gasteiger partial charge in [-0.2, -0.15) is 4.68 Å². The maximum Gasteiger partial charge on any atom is 0.271 e. The number of nitrogens with zero attached hydrogens (tertiary/aromatic N) is 8. The molecule has 0 bridgehead atoms. The highest BCUT2D eigenvalue weighted by Crippen LogP contribution is 2.30. The molecule has 0 saturated carbocycles. The quantitative estimate of drug-likeness (QED) is 0.386. The van der Waals surface area contributed by atoms with E-state index in [0.717, 1.165) is 16.7 Å². The molecular formula is C28H19N9O. The Morgan fingerprint density at radius 2 is 1.24 bits per heavy atom. The summed E-state index contributed by atoms with van der Waals surface area (Å²) >= 11 is 0. The summed E-state index contributed by atoms with van der Waals surface area (Å²) in [5.41, 5.74) is 4.26. The van der Waals surface area contributed by atoms with Crippen LogP contribution in [0.25, 0.3) is 56.5 Å². The maximum absolute atomic E-state index is 13.1. The number of aromatic nitrogens is 9. The lowest BCUT2D eigenvalue weighted by molar-refractivity contribution is 0.743. The SMILES string of the molecule is Cc1nc2c(c(=O)[nH]1)c1nnc(-c3ccccc3)n1n2-c1nnc(-c2ccccc2)c(-c2ccccc2)n1. The molecule has 38 heavy (non-hydrogen) atoms. The summed E-state index contributed by atoms with van der Waals surface area (Å²) < 4.78 is 3.37. The number of hydrogen-bond donors (Lipinski definition) is 1. The van der Waals surface area contributed by atoms with Crippen LogP contribution in [-0.4, -0.2) is 44.5 Å². The van der Waals surface area contributed by atoms with Gasteiger partial charge in [-0.25, -0.2) is 14.5 Å². The van der Waals surface area contributed by atoms with E-state index in [2.05, 4.69) is 30.4 Å². The van der Waals surface area contributed by atoms with Gasteiger partial charge in [0.2, 0.25) is 0 Å². The Kier molecular flexibility index (Phi) is 4.90. The van der Waals surface area contributed by atoms with Crippen LogP contribution in [0.4, 0.5) is 0 Å². The number of rotatable bonds is 4. The number of aromatic amines is 1. The highest BCUT2D eigenvalue weighted by molar-refractivity contribution is 5.91. The Morgan fingerprint density at radius 1 is 0.632 bits per heavy atom. The molecular weight excluding hydrogens is 478 g/mol. The average Bonchev–Trinajstić information content (AvgIpc) is 3.52. The zero-order valence-corrected chi connectivity index (χ0v) is 20.1. The fraction of sp³-hybridized carbons (Fsp3) is 0.0357. The Labute approximate surface area is 215 Å². The minimum atomic E-state index is -0.319. The number of benzene rings is 3. The maximum atomic E-state index is 13.1. The van der Waals surface area contributed by atoms with Crippen molar-refractivity contribution in [3.8, 4) is 39.9 Å². The zero-order valence-electron chi connectivity index (χ0n) is 20.1. The van der Waals surface area contributed by atoms with Gasteiger partial charge in [0, 0.05) is 16.7 Å². The van der Waals surface area contributed by atoms with Gasteiger partial charge in [-0.3, -0.25) is 4.79 Å². The van der Waals surface area contributed by atoms with Gasteiger partial charge in [0.15, 0.2) is 17.1 Å². The van der Waals surface area contributed by atoms with Gasteiger partial charge in [-0.1, -0.05) is 91.0 Å². The Bertz CT molecular complexity index is 1990. The van der Waals surface area contributed by atoms with Crippen LogP contribution in [0.3, 0.4) is 0 Å². The van der Waals surface area contributed by atoms with Crippen LogP contribution in [-0.2, 0) is 0 Å². The number of fused-ring (bicyclic) bond motifs is 3. The van der Waals surface area contributed by atoms with Gasteiger partial charge in [-0.05, 0) is 6.92 Å². The summed E-state index contributed by atoms with van der Waals surface area (Å²) in [5.74, 6) is 1.21. The number of aryl methyl sites for hydroxylation is 1. The summed E-state index contributed by atoms with van der Waals surface area (Å²) in [7, 11) is 0. The highest BCUT2D eigenvalue weighted by Gasteiger charge is 2.25. The number of nitrogens with one attached hydrogen (secondary N) is 1. The molecule has 0 fully saturated rings. The van der Waals surface area contributed by atoms with E-state index in [0.29, 0.717) is 39.7 Å². The first kappa shape index (κ1) is 21.7. The van der Waals surface area contributed by atoms with Crippen LogP contribution in [0, 0.1) is 6.92 Å². The molecule has 7 aromatic rings. The second-order valence-electron chi connectivity index (χ2n) is 8.73. The number of H-pyrrole nitrogens is 1. The summed E-state index contributed by atoms with van der Waals surface area (Å²) in [6, 6.07) is 29.2. The summed E-state index contributed by atoms with van der Waals surface area (Å²) in [6.07, 6.45) is 0. The van der Waals surface area contributed by atoms with Gasteiger partial charge >= 0.3 is 0 Å². The Hall–Kier alpha value is -5.51. The van der Waals surface area contributed by atoms with E-state index in [-0.39, 0.29) is 11.5 Å². The molecule has 0 saturated heterocycles. The third-order valence-electron chi connectivity index (χ3n) is 6.28. The predicted molar refractivity (Wildman–Crippen MR) is 143 cm³/mol. The second kappa shape index (κ2) is 8.56. The molecule has 4 aromatic heterocycles. The monoisotopic (exact) mass is 497 g/mol. The van der Waals surface area contributed by atoms with E-state index in [9.17, 15) is 4.79 Å². The fourth-order valence-electron chi connectivity index (χ4n) is 4.59. The predicted octanol–water partition coefficient (Wildman–Crippen LogP) is 4.25. The standard InChI is InChI=1S/C28H19N9O/c1-17-29-25-21(27(38)30-17)26-34-33-24(20-15-9-4-10-16-20)36(26)37(25)28-31-22(18-11-5-2-6-12-18)23(32-35-28)19-13-7-3-8-14-19/h2-16H,1H3,(H,29,30,38). The Balaban J connectivity index is 1.59. The molecule has 0 aliphatic rings. The van der Waals surface area contributed by atoms with Crippen molar-refractivity contribution in [1.82, 2.24) is 44.5 Å². The lowest BCUT2D eigenvalue weighted by Gasteiger charge is -2.11. The van der Waals surface area contributed by atoms with Crippen LogP contribution >= 0.6 is 0 Å². The molecule has 7 rings (SSSR count).